The second-order valence-corrected chi connectivity index (χ2v) is 7.27. The van der Waals surface area contributed by atoms with Crippen LogP contribution in [0.3, 0.4) is 0 Å². The summed E-state index contributed by atoms with van der Waals surface area (Å²) in [4.78, 5) is 11.7. The molecule has 6 nitrogen and oxygen atoms in total. The summed E-state index contributed by atoms with van der Waals surface area (Å²) in [6.45, 7) is 9.07. The third kappa shape index (κ3) is 4.04. The number of aryl methyl sites for hydroxylation is 2. The van der Waals surface area contributed by atoms with E-state index in [1.54, 1.807) is 11.6 Å². The van der Waals surface area contributed by atoms with Gasteiger partial charge in [0, 0.05) is 48.2 Å². The van der Waals surface area contributed by atoms with Crippen molar-refractivity contribution in [2.75, 3.05) is 18.0 Å². The van der Waals surface area contributed by atoms with Crippen molar-refractivity contribution in [2.24, 2.45) is 7.05 Å². The predicted molar refractivity (Wildman–Crippen MR) is 118 cm³/mol. The molecule has 1 fully saturated rings. The molecule has 0 bridgehead atoms. The fraction of sp³-hybridized carbons (Fsp3) is 0.304. The van der Waals surface area contributed by atoms with E-state index in [-0.39, 0.29) is 35.3 Å². The van der Waals surface area contributed by atoms with E-state index >= 15 is 0 Å². The van der Waals surface area contributed by atoms with Crippen molar-refractivity contribution < 1.29 is 34.7 Å². The molecule has 5 rings (SSSR count). The van der Waals surface area contributed by atoms with Gasteiger partial charge in [-0.2, -0.15) is 12.0 Å². The molecule has 1 aliphatic heterocycles. The number of phenols is 1. The van der Waals surface area contributed by atoms with Crippen LogP contribution in [0.25, 0.3) is 33.2 Å². The third-order valence-corrected chi connectivity index (χ3v) is 5.40. The van der Waals surface area contributed by atoms with Gasteiger partial charge in [-0.25, -0.2) is 9.97 Å². The number of hydrogen-bond donors (Lipinski definition) is 1. The van der Waals surface area contributed by atoms with Gasteiger partial charge in [0.05, 0.1) is 23.1 Å². The molecular weight excluding hydrogens is 385 g/mol. The van der Waals surface area contributed by atoms with Crippen LogP contribution in [0.15, 0.2) is 36.7 Å². The van der Waals surface area contributed by atoms with Crippen molar-refractivity contribution in [3.05, 3.63) is 49.1 Å². The van der Waals surface area contributed by atoms with Gasteiger partial charge in [0.25, 0.3) is 0 Å². The van der Waals surface area contributed by atoms with E-state index in [9.17, 15) is 5.11 Å². The van der Waals surface area contributed by atoms with E-state index in [1.165, 1.54) is 12.8 Å². The van der Waals surface area contributed by atoms with Gasteiger partial charge in [0.2, 0.25) is 0 Å². The van der Waals surface area contributed by atoms with Gasteiger partial charge in [-0.3, -0.25) is 4.68 Å². The molecule has 0 radical (unpaired) electrons. The minimum absolute atomic E-state index is 0. The van der Waals surface area contributed by atoms with Crippen LogP contribution >= 0.6 is 0 Å². The zero-order valence-electron chi connectivity index (χ0n) is 18.2. The molecule has 1 aromatic carbocycles. The maximum atomic E-state index is 10.7. The first-order chi connectivity index (χ1) is 14.1. The number of aromatic hydroxyl groups is 1. The number of hydrogen-bond acceptors (Lipinski definition) is 5. The van der Waals surface area contributed by atoms with Gasteiger partial charge in [-0.1, -0.05) is 0 Å². The number of pyridine rings is 2. The fourth-order valence-electron chi connectivity index (χ4n) is 3.93. The Bertz CT molecular complexity index is 1180. The monoisotopic (exact) mass is 411 g/mol. The molecule has 7 heteroatoms. The molecule has 1 saturated heterocycles. The molecule has 3 aromatic heterocycles. The molecule has 1 N–H and O–H groups in total. The Morgan fingerprint density at radius 3 is 2.53 bits per heavy atom. The summed E-state index contributed by atoms with van der Waals surface area (Å²) in [5.74, 6) is 0.224. The molecule has 0 unspecified atom stereocenters. The summed E-state index contributed by atoms with van der Waals surface area (Å²) in [5, 5.41) is 17.1. The van der Waals surface area contributed by atoms with Crippen molar-refractivity contribution in [2.45, 2.75) is 26.7 Å². The van der Waals surface area contributed by atoms with E-state index in [4.69, 9.17) is 4.98 Å². The minimum Gasteiger partial charge on any atom is -0.507 e. The number of fused-ring (bicyclic) bond motifs is 2. The van der Waals surface area contributed by atoms with E-state index in [2.05, 4.69) is 28.0 Å². The zero-order chi connectivity index (χ0) is 20.5. The molecule has 4 heterocycles. The summed E-state index contributed by atoms with van der Waals surface area (Å²) in [6.07, 6.45) is 6.34. The van der Waals surface area contributed by atoms with E-state index in [1.807, 2.05) is 44.6 Å². The summed E-state index contributed by atoms with van der Waals surface area (Å²) in [6, 6.07) is 8.08. The molecule has 1 aliphatic rings. The van der Waals surface area contributed by atoms with Gasteiger partial charge < -0.3 is 16.9 Å². The number of aromatic nitrogens is 4. The fourth-order valence-corrected chi connectivity index (χ4v) is 3.93. The minimum atomic E-state index is 0. The van der Waals surface area contributed by atoms with Gasteiger partial charge in [0.15, 0.2) is 5.65 Å². The second-order valence-electron chi connectivity index (χ2n) is 7.27. The SMILES string of the molecule is Cc1c(O)c(-c2ccc3cc(N4CCCC4)cnc3n2)cc2cn(C)nc12.[CH2-]C.[Na+]. The van der Waals surface area contributed by atoms with Crippen LogP contribution in [-0.2, 0) is 7.05 Å². The first-order valence-corrected chi connectivity index (χ1v) is 9.99. The van der Waals surface area contributed by atoms with Crippen LogP contribution in [0, 0.1) is 13.8 Å². The second kappa shape index (κ2) is 9.33. The molecule has 0 spiro atoms. The van der Waals surface area contributed by atoms with Crippen LogP contribution in [0.5, 0.6) is 5.75 Å². The molecule has 0 amide bonds. The first kappa shape index (κ1) is 22.5. The standard InChI is InChI=1S/C21H21N5O.C2H5.Na/c1-13-19-15(12-25(2)24-19)10-17(20(13)27)18-6-5-14-9-16(11-22-21(14)23-18)26-7-3-4-8-26;1-2;/h5-6,9-12,27H,3-4,7-8H2,1-2H3;1H2,2H3;/q;-1;+1. The zero-order valence-corrected chi connectivity index (χ0v) is 20.2. The summed E-state index contributed by atoms with van der Waals surface area (Å²) in [5.41, 5.74) is 4.86. The maximum absolute atomic E-state index is 10.7. The average Bonchev–Trinajstić information content (AvgIpc) is 3.41. The van der Waals surface area contributed by atoms with Crippen molar-refractivity contribution in [3.63, 3.8) is 0 Å². The third-order valence-electron chi connectivity index (χ3n) is 5.40. The largest absolute Gasteiger partial charge is 1.00 e. The molecule has 0 aliphatic carbocycles. The van der Waals surface area contributed by atoms with Crippen LogP contribution in [-0.4, -0.2) is 37.9 Å². The summed E-state index contributed by atoms with van der Waals surface area (Å²) < 4.78 is 1.76. The van der Waals surface area contributed by atoms with Gasteiger partial charge in [0.1, 0.15) is 5.75 Å². The topological polar surface area (TPSA) is 67.1 Å². The van der Waals surface area contributed by atoms with Gasteiger partial charge >= 0.3 is 29.6 Å². The van der Waals surface area contributed by atoms with Gasteiger partial charge in [-0.15, -0.1) is 0 Å². The predicted octanol–water partition coefficient (Wildman–Crippen LogP) is 1.64. The Hall–Kier alpha value is -2.15. The van der Waals surface area contributed by atoms with Crippen molar-refractivity contribution in [1.82, 2.24) is 19.7 Å². The van der Waals surface area contributed by atoms with Crippen LogP contribution in [0.1, 0.15) is 25.3 Å². The summed E-state index contributed by atoms with van der Waals surface area (Å²) in [7, 11) is 1.88. The first-order valence-electron chi connectivity index (χ1n) is 9.99. The normalized spacial score (nSPS) is 13.3. The quantitative estimate of drug-likeness (QED) is 0.401. The molecule has 0 atom stereocenters. The van der Waals surface area contributed by atoms with E-state index in [0.29, 0.717) is 11.2 Å². The average molecular weight is 411 g/mol. The number of rotatable bonds is 2. The van der Waals surface area contributed by atoms with Crippen LogP contribution in [0.4, 0.5) is 5.69 Å². The van der Waals surface area contributed by atoms with Gasteiger partial charge in [-0.05, 0) is 44.0 Å². The summed E-state index contributed by atoms with van der Waals surface area (Å²) >= 11 is 0. The maximum Gasteiger partial charge on any atom is 1.00 e. The number of nitrogens with zero attached hydrogens (tertiary/aromatic N) is 5. The van der Waals surface area contributed by atoms with E-state index < -0.39 is 0 Å². The van der Waals surface area contributed by atoms with Crippen LogP contribution < -0.4 is 34.5 Å². The van der Waals surface area contributed by atoms with E-state index in [0.717, 1.165) is 46.3 Å². The smallest absolute Gasteiger partial charge is 0.507 e. The number of anilines is 1. The molecule has 150 valence electrons. The Morgan fingerprint density at radius 2 is 1.80 bits per heavy atom. The van der Waals surface area contributed by atoms with Crippen molar-refractivity contribution in [3.8, 4) is 17.0 Å². The Morgan fingerprint density at radius 1 is 1.07 bits per heavy atom. The Balaban J connectivity index is 0.000000830. The molecule has 0 saturated carbocycles. The Labute approximate surface area is 199 Å². The van der Waals surface area contributed by atoms with Crippen molar-refractivity contribution in [1.29, 1.82) is 0 Å². The molecule has 4 aromatic rings. The molecular formula is C23H26N5NaO. The number of benzene rings is 1. The number of phenolic OH excluding ortho intramolecular Hbond substituents is 1. The molecule has 30 heavy (non-hydrogen) atoms. The Kier molecular flexibility index (Phi) is 7.01. The van der Waals surface area contributed by atoms with Crippen LogP contribution in [0.2, 0.25) is 0 Å². The van der Waals surface area contributed by atoms with Crippen molar-refractivity contribution >= 4 is 27.6 Å².